The van der Waals surface area contributed by atoms with Crippen LogP contribution < -0.4 is 10.1 Å². The molecule has 0 aliphatic rings. The van der Waals surface area contributed by atoms with Gasteiger partial charge >= 0.3 is 0 Å². The van der Waals surface area contributed by atoms with Crippen LogP contribution in [0.25, 0.3) is 0 Å². The maximum absolute atomic E-state index is 11.2. The van der Waals surface area contributed by atoms with Crippen molar-refractivity contribution in [1.29, 1.82) is 0 Å². The van der Waals surface area contributed by atoms with Gasteiger partial charge in [0, 0.05) is 11.8 Å². The first-order chi connectivity index (χ1) is 9.28. The lowest BCUT2D eigenvalue weighted by atomic mass is 10.2. The highest BCUT2D eigenvalue weighted by molar-refractivity contribution is 7.81. The van der Waals surface area contributed by atoms with Crippen LogP contribution in [0.1, 0.15) is 5.56 Å². The predicted octanol–water partition coefficient (Wildman–Crippen LogP) is 3.13. The molecule has 0 aromatic heterocycles. The molecule has 2 aromatic carbocycles. The van der Waals surface area contributed by atoms with Gasteiger partial charge in [-0.1, -0.05) is 36.4 Å². The molecule has 0 bridgehead atoms. The minimum Gasteiger partial charge on any atom is -0.489 e. The fourth-order valence-electron chi connectivity index (χ4n) is 1.61. The zero-order valence-electron chi connectivity index (χ0n) is 10.4. The number of hydrogen-bond donors (Lipinski definition) is 2. The monoisotopic (exact) mass is 273 g/mol. The number of ether oxygens (including phenoxy) is 1. The number of nitrogens with one attached hydrogen (secondary N) is 1. The highest BCUT2D eigenvalue weighted by Crippen LogP contribution is 2.18. The second kappa shape index (κ2) is 6.85. The Hall–Kier alpha value is -1.94. The van der Waals surface area contributed by atoms with Crippen LogP contribution in [0.4, 0.5) is 5.69 Å². The van der Waals surface area contributed by atoms with Crippen LogP contribution in [0.15, 0.2) is 54.6 Å². The van der Waals surface area contributed by atoms with Crippen LogP contribution in [0.2, 0.25) is 0 Å². The Morgan fingerprint density at radius 2 is 1.89 bits per heavy atom. The first-order valence-corrected chi connectivity index (χ1v) is 6.58. The standard InChI is InChI=1S/C15H15NO2S/c17-15(11-19)16-13-7-4-8-14(9-13)18-10-12-5-2-1-3-6-12/h1-9,19H,10-11H2,(H,16,17). The molecule has 1 amide bonds. The molecule has 0 atom stereocenters. The first-order valence-electron chi connectivity index (χ1n) is 5.95. The van der Waals surface area contributed by atoms with E-state index in [0.29, 0.717) is 12.3 Å². The van der Waals surface area contributed by atoms with Crippen molar-refractivity contribution in [2.24, 2.45) is 0 Å². The van der Waals surface area contributed by atoms with E-state index in [0.717, 1.165) is 11.3 Å². The van der Waals surface area contributed by atoms with E-state index in [-0.39, 0.29) is 11.7 Å². The number of carbonyl (C=O) groups is 1. The van der Waals surface area contributed by atoms with Crippen LogP contribution in [-0.2, 0) is 11.4 Å². The third-order valence-electron chi connectivity index (χ3n) is 2.51. The van der Waals surface area contributed by atoms with Crippen molar-refractivity contribution in [3.63, 3.8) is 0 Å². The smallest absolute Gasteiger partial charge is 0.234 e. The molecule has 0 radical (unpaired) electrons. The lowest BCUT2D eigenvalue weighted by molar-refractivity contribution is -0.113. The number of carbonyl (C=O) groups excluding carboxylic acids is 1. The van der Waals surface area contributed by atoms with Gasteiger partial charge in [0.25, 0.3) is 0 Å². The van der Waals surface area contributed by atoms with Crippen molar-refractivity contribution in [2.45, 2.75) is 6.61 Å². The molecule has 0 unspecified atom stereocenters. The van der Waals surface area contributed by atoms with E-state index in [1.807, 2.05) is 48.5 Å². The van der Waals surface area contributed by atoms with Gasteiger partial charge in [0.2, 0.25) is 5.91 Å². The maximum atomic E-state index is 11.2. The summed E-state index contributed by atoms with van der Waals surface area (Å²) in [5.41, 5.74) is 1.82. The third kappa shape index (κ3) is 4.34. The molecular weight excluding hydrogens is 258 g/mol. The summed E-state index contributed by atoms with van der Waals surface area (Å²) in [7, 11) is 0. The van der Waals surface area contributed by atoms with E-state index in [2.05, 4.69) is 17.9 Å². The van der Waals surface area contributed by atoms with E-state index in [9.17, 15) is 4.79 Å². The molecular formula is C15H15NO2S. The molecule has 0 saturated carbocycles. The Morgan fingerprint density at radius 1 is 1.11 bits per heavy atom. The Labute approximate surface area is 118 Å². The fourth-order valence-corrected chi connectivity index (χ4v) is 1.68. The Kier molecular flexibility index (Phi) is 4.86. The van der Waals surface area contributed by atoms with E-state index in [1.165, 1.54) is 0 Å². The van der Waals surface area contributed by atoms with Crippen molar-refractivity contribution < 1.29 is 9.53 Å². The summed E-state index contributed by atoms with van der Waals surface area (Å²) >= 11 is 3.92. The summed E-state index contributed by atoms with van der Waals surface area (Å²) in [6.45, 7) is 0.505. The summed E-state index contributed by atoms with van der Waals surface area (Å²) < 4.78 is 5.68. The van der Waals surface area contributed by atoms with Crippen LogP contribution in [0.5, 0.6) is 5.75 Å². The molecule has 0 aliphatic heterocycles. The van der Waals surface area contributed by atoms with Crippen LogP contribution in [-0.4, -0.2) is 11.7 Å². The zero-order chi connectivity index (χ0) is 13.5. The number of benzene rings is 2. The molecule has 19 heavy (non-hydrogen) atoms. The Bertz CT molecular complexity index is 543. The normalized spacial score (nSPS) is 9.95. The first kappa shape index (κ1) is 13.5. The van der Waals surface area contributed by atoms with E-state index in [1.54, 1.807) is 6.07 Å². The van der Waals surface area contributed by atoms with Gasteiger partial charge in [0.15, 0.2) is 0 Å². The van der Waals surface area contributed by atoms with Gasteiger partial charge in [-0.25, -0.2) is 0 Å². The number of anilines is 1. The SMILES string of the molecule is O=C(CS)Nc1cccc(OCc2ccccc2)c1. The van der Waals surface area contributed by atoms with Crippen molar-refractivity contribution in [3.8, 4) is 5.75 Å². The molecule has 0 heterocycles. The van der Waals surface area contributed by atoms with Gasteiger partial charge in [-0.05, 0) is 17.7 Å². The lowest BCUT2D eigenvalue weighted by Gasteiger charge is -2.08. The largest absolute Gasteiger partial charge is 0.489 e. The van der Waals surface area contributed by atoms with Crippen LogP contribution in [0, 0.1) is 0 Å². The molecule has 98 valence electrons. The van der Waals surface area contributed by atoms with Crippen molar-refractivity contribution >= 4 is 24.2 Å². The summed E-state index contributed by atoms with van der Waals surface area (Å²) in [4.78, 5) is 11.2. The number of rotatable bonds is 5. The highest BCUT2D eigenvalue weighted by atomic mass is 32.1. The van der Waals surface area contributed by atoms with Gasteiger partial charge in [0.1, 0.15) is 12.4 Å². The molecule has 0 spiro atoms. The van der Waals surface area contributed by atoms with E-state index < -0.39 is 0 Å². The maximum Gasteiger partial charge on any atom is 0.234 e. The predicted molar refractivity (Wildman–Crippen MR) is 79.7 cm³/mol. The van der Waals surface area contributed by atoms with Gasteiger partial charge < -0.3 is 10.1 Å². The quantitative estimate of drug-likeness (QED) is 0.821. The van der Waals surface area contributed by atoms with Crippen molar-refractivity contribution in [2.75, 3.05) is 11.1 Å². The van der Waals surface area contributed by atoms with Gasteiger partial charge in [-0.2, -0.15) is 12.6 Å². The van der Waals surface area contributed by atoms with Gasteiger partial charge in [0.05, 0.1) is 5.75 Å². The molecule has 0 fully saturated rings. The second-order valence-electron chi connectivity index (χ2n) is 4.01. The van der Waals surface area contributed by atoms with E-state index in [4.69, 9.17) is 4.74 Å². The summed E-state index contributed by atoms with van der Waals surface area (Å²) in [5, 5.41) is 2.73. The molecule has 4 heteroatoms. The molecule has 2 rings (SSSR count). The average molecular weight is 273 g/mol. The number of amides is 1. The van der Waals surface area contributed by atoms with Gasteiger partial charge in [-0.3, -0.25) is 4.79 Å². The number of thiol groups is 1. The summed E-state index contributed by atoms with van der Waals surface area (Å²) in [6, 6.07) is 17.2. The lowest BCUT2D eigenvalue weighted by Crippen LogP contribution is -2.12. The highest BCUT2D eigenvalue weighted by Gasteiger charge is 2.01. The van der Waals surface area contributed by atoms with Crippen molar-refractivity contribution in [1.82, 2.24) is 0 Å². The van der Waals surface area contributed by atoms with Crippen LogP contribution in [0.3, 0.4) is 0 Å². The molecule has 0 aliphatic carbocycles. The van der Waals surface area contributed by atoms with Gasteiger partial charge in [-0.15, -0.1) is 0 Å². The number of hydrogen-bond acceptors (Lipinski definition) is 3. The fraction of sp³-hybridized carbons (Fsp3) is 0.133. The second-order valence-corrected chi connectivity index (χ2v) is 4.32. The van der Waals surface area contributed by atoms with Crippen molar-refractivity contribution in [3.05, 3.63) is 60.2 Å². The Balaban J connectivity index is 1.97. The van der Waals surface area contributed by atoms with E-state index >= 15 is 0 Å². The third-order valence-corrected chi connectivity index (χ3v) is 2.80. The minimum absolute atomic E-state index is 0.136. The minimum atomic E-state index is -0.136. The van der Waals surface area contributed by atoms with Crippen LogP contribution >= 0.6 is 12.6 Å². The molecule has 3 nitrogen and oxygen atoms in total. The molecule has 1 N–H and O–H groups in total. The Morgan fingerprint density at radius 3 is 2.63 bits per heavy atom. The zero-order valence-corrected chi connectivity index (χ0v) is 11.3. The molecule has 0 saturated heterocycles. The summed E-state index contributed by atoms with van der Waals surface area (Å²) in [5.74, 6) is 0.749. The molecule has 2 aromatic rings. The average Bonchev–Trinajstić information content (AvgIpc) is 2.46. The topological polar surface area (TPSA) is 38.3 Å². The summed E-state index contributed by atoms with van der Waals surface area (Å²) in [6.07, 6.45) is 0.